The van der Waals surface area contributed by atoms with Crippen LogP contribution in [-0.2, 0) is 12.8 Å². The largest absolute Gasteiger partial charge is 0.316 e. The number of likely N-dealkylation sites (N-methyl/N-ethyl adjacent to an activating group) is 1. The summed E-state index contributed by atoms with van der Waals surface area (Å²) < 4.78 is 27.3. The Morgan fingerprint density at radius 3 is 2.33 bits per heavy atom. The molecule has 0 aliphatic carbocycles. The van der Waals surface area contributed by atoms with Gasteiger partial charge in [-0.1, -0.05) is 41.4 Å². The summed E-state index contributed by atoms with van der Waals surface area (Å²) in [5.41, 5.74) is 1.13. The van der Waals surface area contributed by atoms with Gasteiger partial charge in [-0.25, -0.2) is 8.78 Å². The molecule has 0 radical (unpaired) electrons. The third kappa shape index (κ3) is 3.94. The van der Waals surface area contributed by atoms with Gasteiger partial charge in [0.2, 0.25) is 0 Å². The second-order valence-electron chi connectivity index (χ2n) is 4.81. The predicted molar refractivity (Wildman–Crippen MR) is 83.1 cm³/mol. The lowest BCUT2D eigenvalue weighted by Crippen LogP contribution is -2.30. The minimum atomic E-state index is -0.451. The van der Waals surface area contributed by atoms with Crippen LogP contribution in [-0.4, -0.2) is 13.1 Å². The average molecular weight is 330 g/mol. The highest BCUT2D eigenvalue weighted by Crippen LogP contribution is 2.24. The van der Waals surface area contributed by atoms with E-state index in [0.717, 1.165) is 0 Å². The molecule has 0 fully saturated rings. The summed E-state index contributed by atoms with van der Waals surface area (Å²) in [5, 5.41) is 3.59. The van der Waals surface area contributed by atoms with E-state index < -0.39 is 5.82 Å². The van der Waals surface area contributed by atoms with Gasteiger partial charge in [0.25, 0.3) is 0 Å². The van der Waals surface area contributed by atoms with Gasteiger partial charge in [-0.2, -0.15) is 0 Å². The molecule has 0 amide bonds. The smallest absolute Gasteiger partial charge is 0.142 e. The van der Waals surface area contributed by atoms with E-state index in [9.17, 15) is 8.78 Å². The van der Waals surface area contributed by atoms with Gasteiger partial charge in [-0.05, 0) is 43.7 Å². The Morgan fingerprint density at radius 1 is 1.00 bits per heavy atom. The Bertz CT molecular complexity index is 611. The zero-order chi connectivity index (χ0) is 15.4. The lowest BCUT2D eigenvalue weighted by Gasteiger charge is -2.18. The third-order valence-electron chi connectivity index (χ3n) is 3.42. The van der Waals surface area contributed by atoms with E-state index in [4.69, 9.17) is 23.2 Å². The van der Waals surface area contributed by atoms with E-state index >= 15 is 0 Å². The second kappa shape index (κ2) is 7.21. The Labute approximate surface area is 132 Å². The lowest BCUT2D eigenvalue weighted by molar-refractivity contribution is 0.530. The normalized spacial score (nSPS) is 12.4. The van der Waals surface area contributed by atoms with Crippen molar-refractivity contribution in [1.82, 2.24) is 5.32 Å². The molecule has 2 aromatic rings. The zero-order valence-corrected chi connectivity index (χ0v) is 13.0. The summed E-state index contributed by atoms with van der Waals surface area (Å²) in [5.74, 6) is -0.791. The van der Waals surface area contributed by atoms with Crippen molar-refractivity contribution in [1.29, 1.82) is 0 Å². The van der Waals surface area contributed by atoms with Crippen LogP contribution >= 0.6 is 23.2 Å². The minimum absolute atomic E-state index is 0.0984. The highest BCUT2D eigenvalue weighted by molar-refractivity contribution is 6.31. The van der Waals surface area contributed by atoms with Crippen molar-refractivity contribution in [3.05, 3.63) is 69.2 Å². The number of benzene rings is 2. The molecular weight excluding hydrogens is 315 g/mol. The molecule has 112 valence electrons. The van der Waals surface area contributed by atoms with Crippen molar-refractivity contribution in [2.75, 3.05) is 7.05 Å². The fourth-order valence-electron chi connectivity index (χ4n) is 2.22. The van der Waals surface area contributed by atoms with Crippen molar-refractivity contribution >= 4 is 23.2 Å². The van der Waals surface area contributed by atoms with Crippen LogP contribution < -0.4 is 5.32 Å². The summed E-state index contributed by atoms with van der Waals surface area (Å²) in [6.07, 6.45) is 0.882. The molecule has 0 bridgehead atoms. The van der Waals surface area contributed by atoms with Crippen molar-refractivity contribution < 1.29 is 8.78 Å². The molecule has 0 heterocycles. The lowest BCUT2D eigenvalue weighted by atomic mass is 9.98. The molecule has 5 heteroatoms. The van der Waals surface area contributed by atoms with E-state index in [1.165, 1.54) is 12.1 Å². The summed E-state index contributed by atoms with van der Waals surface area (Å²) in [7, 11) is 1.77. The number of rotatable bonds is 5. The molecule has 0 aliphatic rings. The summed E-state index contributed by atoms with van der Waals surface area (Å²) in [6, 6.07) is 9.19. The topological polar surface area (TPSA) is 12.0 Å². The SMILES string of the molecule is CNC(Cc1cccc(F)c1Cl)Cc1c(F)cccc1Cl. The average Bonchev–Trinajstić information content (AvgIpc) is 2.46. The number of halogens is 4. The molecule has 0 saturated heterocycles. The molecule has 0 aliphatic heterocycles. The van der Waals surface area contributed by atoms with Gasteiger partial charge in [0.15, 0.2) is 0 Å². The highest BCUT2D eigenvalue weighted by atomic mass is 35.5. The maximum atomic E-state index is 13.8. The van der Waals surface area contributed by atoms with E-state index in [1.54, 1.807) is 31.3 Å². The molecule has 21 heavy (non-hydrogen) atoms. The number of nitrogens with one attached hydrogen (secondary N) is 1. The van der Waals surface area contributed by atoms with Crippen molar-refractivity contribution in [2.45, 2.75) is 18.9 Å². The Balaban J connectivity index is 2.19. The van der Waals surface area contributed by atoms with Crippen molar-refractivity contribution in [3.63, 3.8) is 0 Å². The van der Waals surface area contributed by atoms with Gasteiger partial charge in [0, 0.05) is 16.6 Å². The number of hydrogen-bond donors (Lipinski definition) is 1. The first-order chi connectivity index (χ1) is 10.0. The second-order valence-corrected chi connectivity index (χ2v) is 5.59. The van der Waals surface area contributed by atoms with Crippen LogP contribution in [0.5, 0.6) is 0 Å². The molecule has 1 N–H and O–H groups in total. The fraction of sp³-hybridized carbons (Fsp3) is 0.250. The Hall–Kier alpha value is -1.16. The molecular formula is C16H15Cl2F2N. The first-order valence-corrected chi connectivity index (χ1v) is 7.31. The highest BCUT2D eigenvalue weighted by Gasteiger charge is 2.16. The van der Waals surface area contributed by atoms with E-state index in [2.05, 4.69) is 5.32 Å². The van der Waals surface area contributed by atoms with E-state index in [1.807, 2.05) is 0 Å². The van der Waals surface area contributed by atoms with Crippen LogP contribution in [0.1, 0.15) is 11.1 Å². The first kappa shape index (κ1) is 16.2. The van der Waals surface area contributed by atoms with Crippen LogP contribution in [0.2, 0.25) is 10.0 Å². The monoisotopic (exact) mass is 329 g/mol. The van der Waals surface area contributed by atoms with Crippen LogP contribution in [0.3, 0.4) is 0 Å². The van der Waals surface area contributed by atoms with Gasteiger partial charge in [0.05, 0.1) is 5.02 Å². The summed E-state index contributed by atoms with van der Waals surface area (Å²) in [6.45, 7) is 0. The van der Waals surface area contributed by atoms with Crippen molar-refractivity contribution in [2.24, 2.45) is 0 Å². The van der Waals surface area contributed by atoms with Crippen LogP contribution in [0, 0.1) is 11.6 Å². The third-order valence-corrected chi connectivity index (χ3v) is 4.20. The zero-order valence-electron chi connectivity index (χ0n) is 11.5. The molecule has 2 aromatic carbocycles. The van der Waals surface area contributed by atoms with Crippen LogP contribution in [0.4, 0.5) is 8.78 Å². The quantitative estimate of drug-likeness (QED) is 0.842. The van der Waals surface area contributed by atoms with Gasteiger partial charge in [-0.3, -0.25) is 0 Å². The van der Waals surface area contributed by atoms with Crippen molar-refractivity contribution in [3.8, 4) is 0 Å². The summed E-state index contributed by atoms with van der Waals surface area (Å²) in [4.78, 5) is 0. The standard InChI is InChI=1S/C16H15Cl2F2N/c1-21-11(8-10-4-2-7-15(20)16(10)18)9-12-13(17)5-3-6-14(12)19/h2-7,11,21H,8-9H2,1H3. The molecule has 0 aromatic heterocycles. The molecule has 0 spiro atoms. The molecule has 1 nitrogen and oxygen atoms in total. The number of hydrogen-bond acceptors (Lipinski definition) is 1. The molecule has 2 rings (SSSR count). The van der Waals surface area contributed by atoms with Crippen LogP contribution in [0.15, 0.2) is 36.4 Å². The summed E-state index contributed by atoms with van der Waals surface area (Å²) >= 11 is 12.0. The fourth-order valence-corrected chi connectivity index (χ4v) is 2.66. The Kier molecular flexibility index (Phi) is 5.57. The molecule has 1 unspecified atom stereocenters. The van der Waals surface area contributed by atoms with E-state index in [0.29, 0.717) is 29.0 Å². The minimum Gasteiger partial charge on any atom is -0.316 e. The maximum absolute atomic E-state index is 13.8. The maximum Gasteiger partial charge on any atom is 0.142 e. The predicted octanol–water partition coefficient (Wildman–Crippen LogP) is 4.64. The molecule has 0 saturated carbocycles. The Morgan fingerprint density at radius 2 is 1.67 bits per heavy atom. The van der Waals surface area contributed by atoms with Gasteiger partial charge >= 0.3 is 0 Å². The van der Waals surface area contributed by atoms with Gasteiger partial charge in [-0.15, -0.1) is 0 Å². The molecule has 1 atom stereocenters. The van der Waals surface area contributed by atoms with Gasteiger partial charge < -0.3 is 5.32 Å². The van der Waals surface area contributed by atoms with E-state index in [-0.39, 0.29) is 16.9 Å². The van der Waals surface area contributed by atoms with Crippen LogP contribution in [0.25, 0.3) is 0 Å². The first-order valence-electron chi connectivity index (χ1n) is 6.56. The van der Waals surface area contributed by atoms with Gasteiger partial charge in [0.1, 0.15) is 11.6 Å².